The van der Waals surface area contributed by atoms with E-state index in [-0.39, 0.29) is 28.6 Å². The lowest BCUT2D eigenvalue weighted by Crippen LogP contribution is -2.38. The lowest BCUT2D eigenvalue weighted by atomic mass is 9.85. The minimum atomic E-state index is -1.55. The van der Waals surface area contributed by atoms with Gasteiger partial charge in [0.05, 0.1) is 5.56 Å². The molecule has 0 unspecified atom stereocenters. The average Bonchev–Trinajstić information content (AvgIpc) is 2.61. The Balaban J connectivity index is 2.49. The van der Waals surface area contributed by atoms with Gasteiger partial charge in [0.15, 0.2) is 22.9 Å². The molecule has 2 aromatic carbocycles. The fourth-order valence-corrected chi connectivity index (χ4v) is 2.64. The van der Waals surface area contributed by atoms with Crippen LogP contribution in [-0.4, -0.2) is 32.7 Å². The lowest BCUT2D eigenvalue weighted by molar-refractivity contribution is -0.152. The summed E-state index contributed by atoms with van der Waals surface area (Å²) in [5.74, 6) is -1.81. The van der Waals surface area contributed by atoms with Crippen LogP contribution in [0.4, 0.5) is 0 Å². The quantitative estimate of drug-likeness (QED) is 0.488. The van der Waals surface area contributed by atoms with E-state index in [1.807, 2.05) is 20.8 Å². The Bertz CT molecular complexity index is 964. The molecule has 0 heterocycles. The molecule has 6 nitrogen and oxygen atoms in total. The van der Waals surface area contributed by atoms with Crippen LogP contribution >= 0.6 is 0 Å². The number of aromatic hydroxyl groups is 2. The molecular weight excluding hydrogens is 372 g/mol. The highest BCUT2D eigenvalue weighted by atomic mass is 16.5. The molecule has 29 heavy (non-hydrogen) atoms. The van der Waals surface area contributed by atoms with Crippen molar-refractivity contribution in [1.29, 1.82) is 0 Å². The highest BCUT2D eigenvalue weighted by molar-refractivity contribution is 6.08. The molecular formula is C23H26O6. The number of ether oxygens (including phenoxy) is 1. The molecule has 0 amide bonds. The predicted octanol–water partition coefficient (Wildman–Crippen LogP) is 4.53. The van der Waals surface area contributed by atoms with E-state index in [0.29, 0.717) is 11.1 Å². The molecule has 0 radical (unpaired) electrons. The van der Waals surface area contributed by atoms with Crippen molar-refractivity contribution in [2.24, 2.45) is 0 Å². The van der Waals surface area contributed by atoms with Crippen LogP contribution in [0.2, 0.25) is 0 Å². The van der Waals surface area contributed by atoms with Crippen LogP contribution in [0.3, 0.4) is 0 Å². The molecule has 0 fully saturated rings. The summed E-state index contributed by atoms with van der Waals surface area (Å²) in [6, 6.07) is 9.41. The molecule has 6 heteroatoms. The van der Waals surface area contributed by atoms with Crippen molar-refractivity contribution < 1.29 is 29.6 Å². The third kappa shape index (κ3) is 5.16. The minimum Gasteiger partial charge on any atom is -0.507 e. The van der Waals surface area contributed by atoms with Gasteiger partial charge in [-0.25, -0.2) is 4.79 Å². The molecule has 0 aliphatic carbocycles. The van der Waals surface area contributed by atoms with Gasteiger partial charge in [0, 0.05) is 5.56 Å². The third-order valence-corrected chi connectivity index (χ3v) is 4.38. The summed E-state index contributed by atoms with van der Waals surface area (Å²) < 4.78 is 5.57. The SMILES string of the molecule is CC(C)(Oc1cc(C=CC(=O)c2ccccc2O)cc(C(C)(C)C)c1O)C(=O)O. The normalized spacial score (nSPS) is 12.2. The van der Waals surface area contributed by atoms with Crippen molar-refractivity contribution in [2.75, 3.05) is 0 Å². The van der Waals surface area contributed by atoms with E-state index >= 15 is 0 Å². The van der Waals surface area contributed by atoms with Crippen LogP contribution in [0.15, 0.2) is 42.5 Å². The molecule has 0 aromatic heterocycles. The number of carbonyl (C=O) groups excluding carboxylic acids is 1. The lowest BCUT2D eigenvalue weighted by Gasteiger charge is -2.26. The van der Waals surface area contributed by atoms with Crippen LogP contribution in [0.1, 0.15) is 56.1 Å². The number of phenols is 2. The maximum atomic E-state index is 12.4. The summed E-state index contributed by atoms with van der Waals surface area (Å²) in [5.41, 5.74) is -0.748. The Hall–Kier alpha value is -3.28. The van der Waals surface area contributed by atoms with Crippen LogP contribution < -0.4 is 4.74 Å². The van der Waals surface area contributed by atoms with Crippen molar-refractivity contribution in [1.82, 2.24) is 0 Å². The largest absolute Gasteiger partial charge is 0.507 e. The van der Waals surface area contributed by atoms with Gasteiger partial charge in [0.25, 0.3) is 0 Å². The molecule has 0 bridgehead atoms. The smallest absolute Gasteiger partial charge is 0.347 e. The monoisotopic (exact) mass is 398 g/mol. The molecule has 0 atom stereocenters. The molecule has 0 aliphatic rings. The predicted molar refractivity (Wildman–Crippen MR) is 111 cm³/mol. The van der Waals surface area contributed by atoms with E-state index in [1.165, 1.54) is 44.2 Å². The number of phenolic OH excluding ortho intramolecular Hbond substituents is 2. The van der Waals surface area contributed by atoms with Crippen LogP contribution in [-0.2, 0) is 10.2 Å². The average molecular weight is 398 g/mol. The molecule has 3 N–H and O–H groups in total. The summed E-state index contributed by atoms with van der Waals surface area (Å²) >= 11 is 0. The van der Waals surface area contributed by atoms with Crippen molar-refractivity contribution in [3.8, 4) is 17.2 Å². The van der Waals surface area contributed by atoms with Crippen LogP contribution in [0.25, 0.3) is 6.08 Å². The number of benzene rings is 2. The second-order valence-corrected chi connectivity index (χ2v) is 8.30. The number of rotatable bonds is 6. The summed E-state index contributed by atoms with van der Waals surface area (Å²) in [5, 5.41) is 29.8. The number of allylic oxidation sites excluding steroid dienone is 1. The fourth-order valence-electron chi connectivity index (χ4n) is 2.64. The first-order valence-electron chi connectivity index (χ1n) is 9.13. The molecule has 2 aromatic rings. The van der Waals surface area contributed by atoms with Crippen molar-refractivity contribution in [3.63, 3.8) is 0 Å². The van der Waals surface area contributed by atoms with Gasteiger partial charge in [-0.05, 0) is 55.2 Å². The molecule has 0 saturated heterocycles. The zero-order valence-corrected chi connectivity index (χ0v) is 17.2. The van der Waals surface area contributed by atoms with Gasteiger partial charge in [0.2, 0.25) is 0 Å². The summed E-state index contributed by atoms with van der Waals surface area (Å²) in [7, 11) is 0. The first kappa shape index (κ1) is 22.0. The van der Waals surface area contributed by atoms with E-state index in [2.05, 4.69) is 0 Å². The first-order valence-corrected chi connectivity index (χ1v) is 9.13. The zero-order valence-electron chi connectivity index (χ0n) is 17.2. The molecule has 0 aliphatic heterocycles. The first-order chi connectivity index (χ1) is 13.3. The Kier molecular flexibility index (Phi) is 6.07. The summed E-state index contributed by atoms with van der Waals surface area (Å²) in [6.07, 6.45) is 2.84. The van der Waals surface area contributed by atoms with Gasteiger partial charge in [-0.15, -0.1) is 0 Å². The second-order valence-electron chi connectivity index (χ2n) is 8.30. The van der Waals surface area contributed by atoms with Gasteiger partial charge < -0.3 is 20.1 Å². The molecule has 0 saturated carbocycles. The highest BCUT2D eigenvalue weighted by Crippen LogP contribution is 2.40. The maximum Gasteiger partial charge on any atom is 0.347 e. The number of ketones is 1. The van der Waals surface area contributed by atoms with Crippen LogP contribution in [0.5, 0.6) is 17.2 Å². The van der Waals surface area contributed by atoms with Gasteiger partial charge in [-0.2, -0.15) is 0 Å². The number of hydrogen-bond donors (Lipinski definition) is 3. The van der Waals surface area contributed by atoms with Gasteiger partial charge in [0.1, 0.15) is 5.75 Å². The Labute approximate surface area is 170 Å². The van der Waals surface area contributed by atoms with Gasteiger partial charge in [-0.3, -0.25) is 4.79 Å². The summed E-state index contributed by atoms with van der Waals surface area (Å²) in [4.78, 5) is 23.8. The highest BCUT2D eigenvalue weighted by Gasteiger charge is 2.32. The number of carboxylic acid groups (broad SMARTS) is 1. The number of carboxylic acids is 1. The number of carbonyl (C=O) groups is 2. The molecule has 0 spiro atoms. The number of aliphatic carboxylic acids is 1. The van der Waals surface area contributed by atoms with Crippen LogP contribution in [0, 0.1) is 0 Å². The van der Waals surface area contributed by atoms with E-state index in [0.717, 1.165) is 0 Å². The Morgan fingerprint density at radius 2 is 1.62 bits per heavy atom. The van der Waals surface area contributed by atoms with Crippen molar-refractivity contribution in [3.05, 3.63) is 59.2 Å². The fraction of sp³-hybridized carbons (Fsp3) is 0.304. The standard InChI is InChI=1S/C23H26O6/c1-22(2,3)16-12-14(10-11-18(25)15-8-6-7-9-17(15)24)13-19(20(16)26)29-23(4,5)21(27)28/h6-13,24,26H,1-5H3,(H,27,28). The topological polar surface area (TPSA) is 104 Å². The Morgan fingerprint density at radius 3 is 2.17 bits per heavy atom. The molecule has 154 valence electrons. The second kappa shape index (κ2) is 7.99. The minimum absolute atomic E-state index is 0.0134. The van der Waals surface area contributed by atoms with E-state index in [9.17, 15) is 24.9 Å². The van der Waals surface area contributed by atoms with E-state index in [4.69, 9.17) is 4.74 Å². The van der Waals surface area contributed by atoms with E-state index in [1.54, 1.807) is 18.2 Å². The zero-order chi connectivity index (χ0) is 22.0. The Morgan fingerprint density at radius 1 is 1.00 bits per heavy atom. The number of para-hydroxylation sites is 1. The van der Waals surface area contributed by atoms with Crippen molar-refractivity contribution in [2.45, 2.75) is 45.6 Å². The van der Waals surface area contributed by atoms with Gasteiger partial charge in [-0.1, -0.05) is 39.0 Å². The molecule has 2 rings (SSSR count). The van der Waals surface area contributed by atoms with Crippen molar-refractivity contribution >= 4 is 17.8 Å². The number of hydrogen-bond acceptors (Lipinski definition) is 5. The third-order valence-electron chi connectivity index (χ3n) is 4.38. The van der Waals surface area contributed by atoms with Gasteiger partial charge >= 0.3 is 5.97 Å². The van der Waals surface area contributed by atoms with E-state index < -0.39 is 17.0 Å². The summed E-state index contributed by atoms with van der Waals surface area (Å²) in [6.45, 7) is 8.46. The maximum absolute atomic E-state index is 12.4.